The molecule has 1 fully saturated rings. The van der Waals surface area contributed by atoms with Crippen molar-refractivity contribution >= 4 is 5.69 Å². The van der Waals surface area contributed by atoms with E-state index in [1.807, 2.05) is 18.2 Å². The lowest BCUT2D eigenvalue weighted by molar-refractivity contribution is 0.200. The Bertz CT molecular complexity index is 374. The van der Waals surface area contributed by atoms with Gasteiger partial charge in [0.25, 0.3) is 0 Å². The molecule has 1 aromatic carbocycles. The first-order valence-electron chi connectivity index (χ1n) is 6.30. The third-order valence-corrected chi connectivity index (χ3v) is 3.59. The van der Waals surface area contributed by atoms with Gasteiger partial charge in [-0.15, -0.1) is 0 Å². The summed E-state index contributed by atoms with van der Waals surface area (Å²) in [5, 5.41) is 0. The van der Waals surface area contributed by atoms with Crippen molar-refractivity contribution in [1.29, 1.82) is 0 Å². The molecule has 1 aliphatic carbocycles. The molecule has 0 saturated heterocycles. The zero-order valence-corrected chi connectivity index (χ0v) is 10.8. The van der Waals surface area contributed by atoms with Gasteiger partial charge in [0.05, 0.1) is 7.11 Å². The third kappa shape index (κ3) is 3.13. The van der Waals surface area contributed by atoms with E-state index in [-0.39, 0.29) is 0 Å². The van der Waals surface area contributed by atoms with Crippen LogP contribution in [0, 0.1) is 5.92 Å². The third-order valence-electron chi connectivity index (χ3n) is 3.59. The Kier molecular flexibility index (Phi) is 3.89. The maximum atomic E-state index is 5.99. The maximum Gasteiger partial charge on any atom is 0.119 e. The predicted molar refractivity (Wildman–Crippen MR) is 71.1 cm³/mol. The van der Waals surface area contributed by atoms with Gasteiger partial charge in [0, 0.05) is 18.8 Å². The van der Waals surface area contributed by atoms with E-state index in [1.165, 1.54) is 25.8 Å². The molecule has 2 rings (SSSR count). The molecule has 0 aliphatic heterocycles. The summed E-state index contributed by atoms with van der Waals surface area (Å²) < 4.78 is 5.23. The first kappa shape index (κ1) is 12.2. The standard InChI is InChI=1S/C14H22N2O/c1-16(9-11-4-3-5-11)10-12-8-13(17-2)6-7-14(12)15/h6-8,11H,3-5,9-10,15H2,1-2H3. The number of hydrogen-bond acceptors (Lipinski definition) is 3. The predicted octanol–water partition coefficient (Wildman–Crippen LogP) is 2.51. The Morgan fingerprint density at radius 2 is 2.18 bits per heavy atom. The van der Waals surface area contributed by atoms with Crippen LogP contribution in [0.5, 0.6) is 5.75 Å². The number of benzene rings is 1. The van der Waals surface area contributed by atoms with Crippen molar-refractivity contribution in [3.8, 4) is 5.75 Å². The average molecular weight is 234 g/mol. The van der Waals surface area contributed by atoms with E-state index in [9.17, 15) is 0 Å². The number of nitrogen functional groups attached to an aromatic ring is 1. The highest BCUT2D eigenvalue weighted by molar-refractivity contribution is 5.50. The molecule has 1 saturated carbocycles. The van der Waals surface area contributed by atoms with Crippen LogP contribution in [0.2, 0.25) is 0 Å². The van der Waals surface area contributed by atoms with Crippen LogP contribution >= 0.6 is 0 Å². The highest BCUT2D eigenvalue weighted by atomic mass is 16.5. The molecular weight excluding hydrogens is 212 g/mol. The van der Waals surface area contributed by atoms with Gasteiger partial charge in [0.2, 0.25) is 0 Å². The second-order valence-electron chi connectivity index (χ2n) is 5.06. The molecule has 0 aromatic heterocycles. The molecule has 0 radical (unpaired) electrons. The SMILES string of the molecule is COc1ccc(N)c(CN(C)CC2CCC2)c1. The fourth-order valence-electron chi connectivity index (χ4n) is 2.32. The van der Waals surface area contributed by atoms with Gasteiger partial charge in [-0.3, -0.25) is 0 Å². The summed E-state index contributed by atoms with van der Waals surface area (Å²) in [6.45, 7) is 2.08. The lowest BCUT2D eigenvalue weighted by Crippen LogP contribution is -2.29. The van der Waals surface area contributed by atoms with Crippen molar-refractivity contribution in [3.05, 3.63) is 23.8 Å². The van der Waals surface area contributed by atoms with Crippen molar-refractivity contribution in [2.24, 2.45) is 5.92 Å². The van der Waals surface area contributed by atoms with Gasteiger partial charge in [-0.05, 0) is 49.6 Å². The van der Waals surface area contributed by atoms with Crippen LogP contribution in [0.3, 0.4) is 0 Å². The molecule has 2 N–H and O–H groups in total. The highest BCUT2D eigenvalue weighted by Gasteiger charge is 2.19. The van der Waals surface area contributed by atoms with Crippen LogP contribution in [0.1, 0.15) is 24.8 Å². The Hall–Kier alpha value is -1.22. The number of rotatable bonds is 5. The molecule has 0 atom stereocenters. The topological polar surface area (TPSA) is 38.5 Å². The van der Waals surface area contributed by atoms with Gasteiger partial charge in [-0.1, -0.05) is 6.42 Å². The Balaban J connectivity index is 1.96. The monoisotopic (exact) mass is 234 g/mol. The number of anilines is 1. The van der Waals surface area contributed by atoms with Gasteiger partial charge < -0.3 is 15.4 Å². The van der Waals surface area contributed by atoms with E-state index in [1.54, 1.807) is 7.11 Å². The number of nitrogens with two attached hydrogens (primary N) is 1. The largest absolute Gasteiger partial charge is 0.497 e. The minimum atomic E-state index is 0.853. The van der Waals surface area contributed by atoms with Crippen molar-refractivity contribution in [2.45, 2.75) is 25.8 Å². The summed E-state index contributed by atoms with van der Waals surface area (Å²) in [4.78, 5) is 2.36. The van der Waals surface area contributed by atoms with Gasteiger partial charge in [-0.25, -0.2) is 0 Å². The quantitative estimate of drug-likeness (QED) is 0.796. The minimum Gasteiger partial charge on any atom is -0.497 e. The number of nitrogens with zero attached hydrogens (tertiary/aromatic N) is 1. The normalized spacial score (nSPS) is 15.9. The van der Waals surface area contributed by atoms with E-state index in [0.717, 1.165) is 29.5 Å². The van der Waals surface area contributed by atoms with Gasteiger partial charge in [-0.2, -0.15) is 0 Å². The minimum absolute atomic E-state index is 0.853. The Morgan fingerprint density at radius 1 is 1.41 bits per heavy atom. The molecule has 0 bridgehead atoms. The lowest BCUT2D eigenvalue weighted by atomic mass is 9.85. The zero-order chi connectivity index (χ0) is 12.3. The smallest absolute Gasteiger partial charge is 0.119 e. The lowest BCUT2D eigenvalue weighted by Gasteiger charge is -2.30. The van der Waals surface area contributed by atoms with Crippen LogP contribution in [0.15, 0.2) is 18.2 Å². The molecule has 1 aliphatic rings. The summed E-state index contributed by atoms with van der Waals surface area (Å²) in [6, 6.07) is 5.86. The van der Waals surface area contributed by atoms with Gasteiger partial charge in [0.15, 0.2) is 0 Å². The van der Waals surface area contributed by atoms with Crippen molar-refractivity contribution in [3.63, 3.8) is 0 Å². The molecule has 3 heteroatoms. The van der Waals surface area contributed by atoms with Crippen LogP contribution in [0.4, 0.5) is 5.69 Å². The molecular formula is C14H22N2O. The van der Waals surface area contributed by atoms with Crippen LogP contribution in [-0.4, -0.2) is 25.6 Å². The van der Waals surface area contributed by atoms with E-state index in [4.69, 9.17) is 10.5 Å². The summed E-state index contributed by atoms with van der Waals surface area (Å²) in [5.41, 5.74) is 8.00. The number of methoxy groups -OCH3 is 1. The summed E-state index contributed by atoms with van der Waals surface area (Å²) >= 11 is 0. The molecule has 0 amide bonds. The molecule has 1 aromatic rings. The van der Waals surface area contributed by atoms with Crippen molar-refractivity contribution < 1.29 is 4.74 Å². The second kappa shape index (κ2) is 5.41. The van der Waals surface area contributed by atoms with E-state index in [0.29, 0.717) is 0 Å². The number of hydrogen-bond donors (Lipinski definition) is 1. The van der Waals surface area contributed by atoms with Crippen LogP contribution in [-0.2, 0) is 6.54 Å². The average Bonchev–Trinajstić information content (AvgIpc) is 2.27. The first-order valence-corrected chi connectivity index (χ1v) is 6.30. The molecule has 0 heterocycles. The summed E-state index contributed by atoms with van der Waals surface area (Å²) in [6.07, 6.45) is 4.18. The molecule has 0 spiro atoms. The van der Waals surface area contributed by atoms with Gasteiger partial charge in [0.1, 0.15) is 5.75 Å². The highest BCUT2D eigenvalue weighted by Crippen LogP contribution is 2.28. The van der Waals surface area contributed by atoms with Crippen molar-refractivity contribution in [1.82, 2.24) is 4.90 Å². The molecule has 3 nitrogen and oxygen atoms in total. The van der Waals surface area contributed by atoms with Crippen LogP contribution < -0.4 is 10.5 Å². The fraction of sp³-hybridized carbons (Fsp3) is 0.571. The summed E-state index contributed by atoms with van der Waals surface area (Å²) in [7, 11) is 3.85. The maximum absolute atomic E-state index is 5.99. The molecule has 0 unspecified atom stereocenters. The second-order valence-corrected chi connectivity index (χ2v) is 5.06. The first-order chi connectivity index (χ1) is 8.19. The van der Waals surface area contributed by atoms with Gasteiger partial charge >= 0.3 is 0 Å². The van der Waals surface area contributed by atoms with E-state index >= 15 is 0 Å². The zero-order valence-electron chi connectivity index (χ0n) is 10.8. The summed E-state index contributed by atoms with van der Waals surface area (Å²) in [5.74, 6) is 1.78. The van der Waals surface area contributed by atoms with E-state index < -0.39 is 0 Å². The van der Waals surface area contributed by atoms with E-state index in [2.05, 4.69) is 11.9 Å². The Labute approximate surface area is 104 Å². The Morgan fingerprint density at radius 3 is 2.76 bits per heavy atom. The van der Waals surface area contributed by atoms with Crippen molar-refractivity contribution in [2.75, 3.05) is 26.4 Å². The fourth-order valence-corrected chi connectivity index (χ4v) is 2.32. The number of ether oxygens (including phenoxy) is 1. The molecule has 17 heavy (non-hydrogen) atoms. The molecule has 94 valence electrons. The van der Waals surface area contributed by atoms with Crippen LogP contribution in [0.25, 0.3) is 0 Å².